The summed E-state index contributed by atoms with van der Waals surface area (Å²) in [5.74, 6) is 2.03. The van der Waals surface area contributed by atoms with Gasteiger partial charge >= 0.3 is 0 Å². The van der Waals surface area contributed by atoms with E-state index in [4.69, 9.17) is 28.9 Å². The van der Waals surface area contributed by atoms with Crippen LogP contribution in [0.3, 0.4) is 0 Å². The van der Waals surface area contributed by atoms with E-state index in [2.05, 4.69) is 12.1 Å². The van der Waals surface area contributed by atoms with E-state index in [9.17, 15) is 9.90 Å². The Balaban J connectivity index is 0.768. The molecule has 2 aromatic heterocycles. The van der Waals surface area contributed by atoms with Crippen molar-refractivity contribution in [2.24, 2.45) is 0 Å². The van der Waals surface area contributed by atoms with Gasteiger partial charge in [0.15, 0.2) is 5.78 Å². The number of nitrogens with zero attached hydrogens (tertiary/aromatic N) is 2. The number of fused-ring (bicyclic) bond motifs is 2. The number of aromatic hydroxyl groups is 1. The van der Waals surface area contributed by atoms with Gasteiger partial charge in [-0.15, -0.1) is 22.7 Å². The van der Waals surface area contributed by atoms with Crippen molar-refractivity contribution in [3.05, 3.63) is 151 Å². The molecule has 0 saturated heterocycles. The summed E-state index contributed by atoms with van der Waals surface area (Å²) in [5, 5.41) is 12.6. The van der Waals surface area contributed by atoms with Gasteiger partial charge in [0.05, 0.1) is 26.0 Å². The standard InChI is InChI=1S/C43H32N2O6S2/c46-38-27-34(51-26-25-50-33-19-13-30(14-20-33)43-45-37-6-2-4-8-40(37)53-43)21-22-35(38)41(47)28-9-15-31(16-10-28)48-23-24-49-32-17-11-29(12-18-32)42-44-36-5-1-3-7-39(36)52-42/h1-22,27,46H,23-26H2. The Bertz CT molecular complexity index is 2430. The maximum absolute atomic E-state index is 13.2. The van der Waals surface area contributed by atoms with Gasteiger partial charge in [-0.2, -0.15) is 0 Å². The normalized spacial score (nSPS) is 11.1. The smallest absolute Gasteiger partial charge is 0.196 e. The fourth-order valence-electron chi connectivity index (χ4n) is 5.67. The van der Waals surface area contributed by atoms with Gasteiger partial charge in [0.25, 0.3) is 0 Å². The summed E-state index contributed by atoms with van der Waals surface area (Å²) in [6, 6.07) is 43.3. The minimum absolute atomic E-state index is 0.163. The zero-order valence-electron chi connectivity index (χ0n) is 28.3. The first-order chi connectivity index (χ1) is 26.1. The fourth-order valence-corrected chi connectivity index (χ4v) is 7.61. The van der Waals surface area contributed by atoms with Gasteiger partial charge in [-0.25, -0.2) is 9.97 Å². The van der Waals surface area contributed by atoms with Crippen LogP contribution in [0.4, 0.5) is 0 Å². The Morgan fingerprint density at radius 1 is 0.509 bits per heavy atom. The third kappa shape index (κ3) is 7.99. The molecule has 8 aromatic rings. The monoisotopic (exact) mass is 736 g/mol. The molecule has 6 aromatic carbocycles. The Hall–Kier alpha value is -6.23. The van der Waals surface area contributed by atoms with Gasteiger partial charge in [-0.3, -0.25) is 4.79 Å². The van der Waals surface area contributed by atoms with Gasteiger partial charge in [0.2, 0.25) is 0 Å². The predicted octanol–water partition coefficient (Wildman–Crippen LogP) is 10.1. The number of carbonyl (C=O) groups excluding carboxylic acids is 1. The van der Waals surface area contributed by atoms with Crippen LogP contribution >= 0.6 is 22.7 Å². The van der Waals surface area contributed by atoms with Crippen molar-refractivity contribution in [1.82, 2.24) is 9.97 Å². The Morgan fingerprint density at radius 2 is 0.925 bits per heavy atom. The molecule has 0 fully saturated rings. The van der Waals surface area contributed by atoms with Crippen LogP contribution in [0.15, 0.2) is 140 Å². The van der Waals surface area contributed by atoms with E-state index < -0.39 is 0 Å². The number of phenolic OH excluding ortho intramolecular Hbond substituents is 1. The molecule has 0 aliphatic rings. The molecule has 0 amide bonds. The van der Waals surface area contributed by atoms with Gasteiger partial charge in [0.1, 0.15) is 65.2 Å². The van der Waals surface area contributed by atoms with Crippen LogP contribution in [-0.4, -0.2) is 47.3 Å². The van der Waals surface area contributed by atoms with E-state index in [1.165, 1.54) is 6.07 Å². The molecule has 0 bridgehead atoms. The molecule has 0 aliphatic heterocycles. The Labute approximate surface area is 313 Å². The molecule has 0 radical (unpaired) electrons. The maximum Gasteiger partial charge on any atom is 0.196 e. The van der Waals surface area contributed by atoms with Crippen LogP contribution in [0.25, 0.3) is 41.6 Å². The van der Waals surface area contributed by atoms with E-state index in [1.54, 1.807) is 59.1 Å². The first kappa shape index (κ1) is 33.9. The number of rotatable bonds is 14. The lowest BCUT2D eigenvalue weighted by Gasteiger charge is -2.11. The van der Waals surface area contributed by atoms with Crippen LogP contribution in [0, 0.1) is 0 Å². The lowest BCUT2D eigenvalue weighted by atomic mass is 10.0. The molecule has 0 saturated carbocycles. The lowest BCUT2D eigenvalue weighted by molar-refractivity contribution is 0.103. The lowest BCUT2D eigenvalue weighted by Crippen LogP contribution is -2.09. The first-order valence-electron chi connectivity index (χ1n) is 17.0. The first-order valence-corrected chi connectivity index (χ1v) is 18.6. The summed E-state index contributed by atoms with van der Waals surface area (Å²) >= 11 is 3.32. The van der Waals surface area contributed by atoms with Crippen molar-refractivity contribution in [1.29, 1.82) is 0 Å². The van der Waals surface area contributed by atoms with Gasteiger partial charge in [0, 0.05) is 22.8 Å². The summed E-state index contributed by atoms with van der Waals surface area (Å²) in [7, 11) is 0. The second-order valence-electron chi connectivity index (χ2n) is 11.9. The molecule has 0 atom stereocenters. The van der Waals surface area contributed by atoms with E-state index in [0.717, 1.165) is 53.1 Å². The summed E-state index contributed by atoms with van der Waals surface area (Å²) in [4.78, 5) is 22.6. The second kappa shape index (κ2) is 15.6. The third-order valence-corrected chi connectivity index (χ3v) is 10.5. The minimum Gasteiger partial charge on any atom is -0.507 e. The molecule has 0 spiro atoms. The highest BCUT2D eigenvalue weighted by Gasteiger charge is 2.15. The average molecular weight is 737 g/mol. The molecule has 8 nitrogen and oxygen atoms in total. The highest BCUT2D eigenvalue weighted by molar-refractivity contribution is 7.22. The fraction of sp³-hybridized carbons (Fsp3) is 0.0930. The quantitative estimate of drug-likeness (QED) is 0.0870. The SMILES string of the molecule is O=C(c1ccc(OCCOc2ccc(-c3nc4ccccc4s3)cc2)cc1)c1ccc(OCCOc2ccc(-c3nc4ccccc4s3)cc2)cc1O. The van der Waals surface area contributed by atoms with Crippen molar-refractivity contribution in [2.45, 2.75) is 0 Å². The predicted molar refractivity (Wildman–Crippen MR) is 210 cm³/mol. The van der Waals surface area contributed by atoms with E-state index >= 15 is 0 Å². The molecule has 0 unspecified atom stereocenters. The van der Waals surface area contributed by atoms with Crippen LogP contribution in [0.2, 0.25) is 0 Å². The minimum atomic E-state index is -0.309. The number of phenols is 1. The van der Waals surface area contributed by atoms with E-state index in [0.29, 0.717) is 36.9 Å². The second-order valence-corrected chi connectivity index (χ2v) is 14.0. The number of ether oxygens (including phenoxy) is 4. The van der Waals surface area contributed by atoms with Crippen molar-refractivity contribution in [2.75, 3.05) is 26.4 Å². The average Bonchev–Trinajstić information content (AvgIpc) is 3.84. The Morgan fingerprint density at radius 3 is 1.38 bits per heavy atom. The van der Waals surface area contributed by atoms with Crippen LogP contribution in [-0.2, 0) is 0 Å². The summed E-state index contributed by atoms with van der Waals surface area (Å²) < 4.78 is 25.6. The molecule has 10 heteroatoms. The van der Waals surface area contributed by atoms with Crippen molar-refractivity contribution >= 4 is 48.9 Å². The van der Waals surface area contributed by atoms with Crippen LogP contribution < -0.4 is 18.9 Å². The van der Waals surface area contributed by atoms with Crippen molar-refractivity contribution < 1.29 is 28.8 Å². The van der Waals surface area contributed by atoms with Crippen LogP contribution in [0.1, 0.15) is 15.9 Å². The van der Waals surface area contributed by atoms with Gasteiger partial charge in [-0.1, -0.05) is 24.3 Å². The largest absolute Gasteiger partial charge is 0.507 e. The molecular weight excluding hydrogens is 705 g/mol. The molecule has 2 heterocycles. The Kier molecular flexibility index (Phi) is 9.95. The molecule has 8 rings (SSSR count). The molecule has 0 aliphatic carbocycles. The number of carbonyl (C=O) groups is 1. The van der Waals surface area contributed by atoms with E-state index in [-0.39, 0.29) is 23.7 Å². The summed E-state index contributed by atoms with van der Waals surface area (Å²) in [6.45, 7) is 1.25. The summed E-state index contributed by atoms with van der Waals surface area (Å²) in [5.41, 5.74) is 4.67. The number of ketones is 1. The van der Waals surface area contributed by atoms with Gasteiger partial charge < -0.3 is 24.1 Å². The number of para-hydroxylation sites is 2. The van der Waals surface area contributed by atoms with Crippen LogP contribution in [0.5, 0.6) is 28.7 Å². The van der Waals surface area contributed by atoms with Gasteiger partial charge in [-0.05, 0) is 109 Å². The number of hydrogen-bond acceptors (Lipinski definition) is 10. The highest BCUT2D eigenvalue weighted by Crippen LogP contribution is 2.32. The van der Waals surface area contributed by atoms with E-state index in [1.807, 2.05) is 84.9 Å². The number of thiazole rings is 2. The topological polar surface area (TPSA) is 100 Å². The van der Waals surface area contributed by atoms with Crippen molar-refractivity contribution in [3.8, 4) is 49.9 Å². The number of aromatic nitrogens is 2. The third-order valence-electron chi connectivity index (χ3n) is 8.36. The zero-order chi connectivity index (χ0) is 36.0. The summed E-state index contributed by atoms with van der Waals surface area (Å²) in [6.07, 6.45) is 0. The molecule has 1 N–H and O–H groups in total. The molecule has 262 valence electrons. The maximum atomic E-state index is 13.2. The highest BCUT2D eigenvalue weighted by atomic mass is 32.1. The number of hydrogen-bond donors (Lipinski definition) is 1. The zero-order valence-corrected chi connectivity index (χ0v) is 29.9. The van der Waals surface area contributed by atoms with Crippen molar-refractivity contribution in [3.63, 3.8) is 0 Å². The molecule has 53 heavy (non-hydrogen) atoms. The number of benzene rings is 6. The molecular formula is C43H32N2O6S2.